The molecule has 1 unspecified atom stereocenters. The average Bonchev–Trinajstić information content (AvgIpc) is 3.65. The third-order valence-corrected chi connectivity index (χ3v) is 7.66. The minimum Gasteiger partial charge on any atom is -0.493 e. The summed E-state index contributed by atoms with van der Waals surface area (Å²) in [6.07, 6.45) is 2.39. The average molecular weight is 557 g/mol. The van der Waals surface area contributed by atoms with Crippen molar-refractivity contribution in [2.24, 2.45) is 0 Å². The van der Waals surface area contributed by atoms with Crippen LogP contribution in [-0.2, 0) is 22.5 Å². The highest BCUT2D eigenvalue weighted by atomic mass is 35.5. The molecule has 1 saturated heterocycles. The fourth-order valence-electron chi connectivity index (χ4n) is 4.47. The maximum absolute atomic E-state index is 13.7. The second-order valence-electron chi connectivity index (χ2n) is 9.16. The Morgan fingerprint density at radius 2 is 1.84 bits per heavy atom. The predicted molar refractivity (Wildman–Crippen MR) is 149 cm³/mol. The van der Waals surface area contributed by atoms with E-state index in [9.17, 15) is 9.59 Å². The van der Waals surface area contributed by atoms with Crippen molar-refractivity contribution in [1.82, 2.24) is 9.80 Å². The van der Waals surface area contributed by atoms with Gasteiger partial charge < -0.3 is 24.0 Å². The molecule has 0 aliphatic carbocycles. The summed E-state index contributed by atoms with van der Waals surface area (Å²) in [6.45, 7) is 1.99. The van der Waals surface area contributed by atoms with Crippen molar-refractivity contribution in [3.05, 3.63) is 81.0 Å². The van der Waals surface area contributed by atoms with Crippen molar-refractivity contribution in [2.45, 2.75) is 31.9 Å². The van der Waals surface area contributed by atoms with E-state index in [1.165, 1.54) is 0 Å². The van der Waals surface area contributed by atoms with Gasteiger partial charge in [-0.2, -0.15) is 0 Å². The summed E-state index contributed by atoms with van der Waals surface area (Å²) in [7, 11) is 3.21. The van der Waals surface area contributed by atoms with E-state index in [2.05, 4.69) is 0 Å². The summed E-state index contributed by atoms with van der Waals surface area (Å²) in [5.74, 6) is 0.992. The Kier molecular flexibility index (Phi) is 10.0. The summed E-state index contributed by atoms with van der Waals surface area (Å²) in [5.41, 5.74) is 1.52. The van der Waals surface area contributed by atoms with Gasteiger partial charge in [0.1, 0.15) is 6.54 Å². The van der Waals surface area contributed by atoms with E-state index >= 15 is 0 Å². The van der Waals surface area contributed by atoms with E-state index in [-0.39, 0.29) is 24.5 Å². The molecule has 38 heavy (non-hydrogen) atoms. The lowest BCUT2D eigenvalue weighted by Gasteiger charge is -2.29. The Morgan fingerprint density at radius 1 is 1.05 bits per heavy atom. The third-order valence-electron chi connectivity index (χ3n) is 6.55. The van der Waals surface area contributed by atoms with E-state index in [1.807, 2.05) is 40.6 Å². The first-order valence-electron chi connectivity index (χ1n) is 12.6. The topological polar surface area (TPSA) is 68.3 Å². The number of thiophene rings is 1. The largest absolute Gasteiger partial charge is 0.493 e. The molecule has 1 aliphatic heterocycles. The second-order valence-corrected chi connectivity index (χ2v) is 10.6. The van der Waals surface area contributed by atoms with Crippen LogP contribution in [0.5, 0.6) is 11.5 Å². The van der Waals surface area contributed by atoms with Gasteiger partial charge in [-0.25, -0.2) is 0 Å². The summed E-state index contributed by atoms with van der Waals surface area (Å²) in [6, 6.07) is 16.5. The minimum atomic E-state index is -0.207. The van der Waals surface area contributed by atoms with Gasteiger partial charge in [-0.15, -0.1) is 11.3 Å². The monoisotopic (exact) mass is 556 g/mol. The van der Waals surface area contributed by atoms with Gasteiger partial charge in [-0.05, 0) is 72.7 Å². The normalized spacial score (nSPS) is 14.8. The van der Waals surface area contributed by atoms with Gasteiger partial charge in [0.05, 0.1) is 26.9 Å². The predicted octanol–water partition coefficient (Wildman–Crippen LogP) is 5.31. The van der Waals surface area contributed by atoms with Crippen LogP contribution < -0.4 is 9.47 Å². The molecule has 1 atom stereocenters. The molecular weight excluding hydrogens is 524 g/mol. The molecule has 3 aromatic rings. The molecule has 0 saturated carbocycles. The van der Waals surface area contributed by atoms with Crippen LogP contribution in [0.2, 0.25) is 5.02 Å². The molecule has 1 fully saturated rings. The molecule has 1 aromatic heterocycles. The minimum absolute atomic E-state index is 0.0291. The Bertz CT molecular complexity index is 1200. The molecule has 0 radical (unpaired) electrons. The van der Waals surface area contributed by atoms with Gasteiger partial charge >= 0.3 is 0 Å². The molecule has 0 N–H and O–H groups in total. The number of carbonyl (C=O) groups excluding carboxylic acids is 2. The summed E-state index contributed by atoms with van der Waals surface area (Å²) in [5, 5.41) is 2.56. The SMILES string of the molecule is COc1ccc(CCN(Cc2cccs2)C(=O)CN(CC2CCCO2)C(=O)c2ccc(Cl)cc2)cc1OC. The van der Waals surface area contributed by atoms with Crippen LogP contribution in [-0.4, -0.2) is 68.2 Å². The first kappa shape index (κ1) is 28.0. The molecule has 202 valence electrons. The Labute approximate surface area is 232 Å². The van der Waals surface area contributed by atoms with E-state index in [1.54, 1.807) is 54.7 Å². The zero-order chi connectivity index (χ0) is 26.9. The van der Waals surface area contributed by atoms with E-state index in [4.69, 9.17) is 25.8 Å². The first-order chi connectivity index (χ1) is 18.5. The van der Waals surface area contributed by atoms with Crippen LogP contribution in [0.4, 0.5) is 0 Å². The van der Waals surface area contributed by atoms with Crippen LogP contribution in [0.25, 0.3) is 0 Å². The van der Waals surface area contributed by atoms with Crippen molar-refractivity contribution >= 4 is 34.8 Å². The smallest absolute Gasteiger partial charge is 0.254 e. The lowest BCUT2D eigenvalue weighted by atomic mass is 10.1. The molecule has 2 amide bonds. The summed E-state index contributed by atoms with van der Waals surface area (Å²) >= 11 is 7.64. The number of carbonyl (C=O) groups is 2. The van der Waals surface area contributed by atoms with Crippen LogP contribution >= 0.6 is 22.9 Å². The number of methoxy groups -OCH3 is 2. The van der Waals surface area contributed by atoms with Crippen molar-refractivity contribution in [3.63, 3.8) is 0 Å². The third kappa shape index (κ3) is 7.49. The molecule has 0 spiro atoms. The zero-order valence-electron chi connectivity index (χ0n) is 21.7. The highest BCUT2D eigenvalue weighted by Gasteiger charge is 2.27. The van der Waals surface area contributed by atoms with Crippen LogP contribution in [0.15, 0.2) is 60.0 Å². The number of hydrogen-bond acceptors (Lipinski definition) is 6. The number of nitrogens with zero attached hydrogens (tertiary/aromatic N) is 2. The maximum atomic E-state index is 13.7. The Balaban J connectivity index is 1.51. The molecule has 1 aliphatic rings. The van der Waals surface area contributed by atoms with Gasteiger partial charge in [-0.1, -0.05) is 23.7 Å². The number of halogens is 1. The molecule has 9 heteroatoms. The lowest BCUT2D eigenvalue weighted by molar-refractivity contribution is -0.132. The maximum Gasteiger partial charge on any atom is 0.254 e. The van der Waals surface area contributed by atoms with Crippen molar-refractivity contribution in [3.8, 4) is 11.5 Å². The van der Waals surface area contributed by atoms with Crippen molar-refractivity contribution in [2.75, 3.05) is 40.5 Å². The van der Waals surface area contributed by atoms with Gasteiger partial charge in [-0.3, -0.25) is 9.59 Å². The molecule has 4 rings (SSSR count). The fourth-order valence-corrected chi connectivity index (χ4v) is 5.32. The highest BCUT2D eigenvalue weighted by Crippen LogP contribution is 2.28. The van der Waals surface area contributed by atoms with Crippen molar-refractivity contribution < 1.29 is 23.8 Å². The van der Waals surface area contributed by atoms with Crippen molar-refractivity contribution in [1.29, 1.82) is 0 Å². The van der Waals surface area contributed by atoms with Crippen LogP contribution in [0, 0.1) is 0 Å². The van der Waals surface area contributed by atoms with Gasteiger partial charge in [0, 0.05) is 35.2 Å². The number of ether oxygens (including phenoxy) is 3. The molecule has 7 nitrogen and oxygen atoms in total. The zero-order valence-corrected chi connectivity index (χ0v) is 23.3. The van der Waals surface area contributed by atoms with E-state index in [0.717, 1.165) is 23.3 Å². The van der Waals surface area contributed by atoms with Gasteiger partial charge in [0.2, 0.25) is 5.91 Å². The number of hydrogen-bond donors (Lipinski definition) is 0. The second kappa shape index (κ2) is 13.6. The number of rotatable bonds is 12. The Morgan fingerprint density at radius 3 is 2.50 bits per heavy atom. The van der Waals surface area contributed by atoms with Gasteiger partial charge in [0.25, 0.3) is 5.91 Å². The van der Waals surface area contributed by atoms with E-state index in [0.29, 0.717) is 54.7 Å². The van der Waals surface area contributed by atoms with E-state index < -0.39 is 0 Å². The first-order valence-corrected chi connectivity index (χ1v) is 13.9. The molecule has 2 heterocycles. The fraction of sp³-hybridized carbons (Fsp3) is 0.379. The number of amides is 2. The summed E-state index contributed by atoms with van der Waals surface area (Å²) < 4.78 is 16.6. The quantitative estimate of drug-likeness (QED) is 0.302. The van der Waals surface area contributed by atoms with Crippen LogP contribution in [0.1, 0.15) is 33.6 Å². The summed E-state index contributed by atoms with van der Waals surface area (Å²) in [4.78, 5) is 31.7. The van der Waals surface area contributed by atoms with Gasteiger partial charge in [0.15, 0.2) is 11.5 Å². The highest BCUT2D eigenvalue weighted by molar-refractivity contribution is 7.09. The van der Waals surface area contributed by atoms with Crippen LogP contribution in [0.3, 0.4) is 0 Å². The standard InChI is InChI=1S/C29H33ClN2O5S/c1-35-26-12-7-21(17-27(26)36-2)13-14-31(19-25-6-4-16-38-25)28(33)20-32(18-24-5-3-15-37-24)29(34)22-8-10-23(30)11-9-22/h4,6-12,16-17,24H,3,5,13-15,18-20H2,1-2H3. The lowest BCUT2D eigenvalue weighted by Crippen LogP contribution is -2.45. The number of benzene rings is 2. The molecular formula is C29H33ClN2O5S. The molecule has 2 aromatic carbocycles. The Hall–Kier alpha value is -3.07. The molecule has 0 bridgehead atoms.